The van der Waals surface area contributed by atoms with Crippen LogP contribution in [0.5, 0.6) is 0 Å². The molecule has 2 atom stereocenters. The highest BCUT2D eigenvalue weighted by Crippen LogP contribution is 2.22. The molecular weight excluding hydrogens is 400 g/mol. The zero-order chi connectivity index (χ0) is 20.2. The van der Waals surface area contributed by atoms with Crippen molar-refractivity contribution in [2.24, 2.45) is 5.92 Å². The normalized spacial score (nSPS) is 13.5. The number of halogens is 1. The molecule has 0 rings (SSSR count). The molecule has 0 spiro atoms. The zero-order valence-electron chi connectivity index (χ0n) is 18.6. The average molecular weight is 448 g/mol. The lowest BCUT2D eigenvalue weighted by Gasteiger charge is -2.18. The Kier molecular flexibility index (Phi) is 20.6. The molecule has 0 aromatic carbocycles. The fourth-order valence-electron chi connectivity index (χ4n) is 3.52. The predicted octanol–water partition coefficient (Wildman–Crippen LogP) is 8.60. The van der Waals surface area contributed by atoms with Crippen molar-refractivity contribution in [3.05, 3.63) is 0 Å². The summed E-state index contributed by atoms with van der Waals surface area (Å²) in [6.45, 7) is 7.33. The van der Waals surface area contributed by atoms with Crippen LogP contribution in [0.4, 0.5) is 0 Å². The number of unbranched alkanes of at least 4 members (excludes halogenated alkanes) is 8. The number of carbonyl (C=O) groups is 1. The van der Waals surface area contributed by atoms with Gasteiger partial charge in [0.25, 0.3) is 0 Å². The smallest absolute Gasteiger partial charge is 0.305 e. The van der Waals surface area contributed by atoms with Crippen molar-refractivity contribution < 1.29 is 9.53 Å². The van der Waals surface area contributed by atoms with Crippen LogP contribution in [0, 0.1) is 5.92 Å². The van der Waals surface area contributed by atoms with Crippen LogP contribution in [0.1, 0.15) is 130 Å². The van der Waals surface area contributed by atoms with Gasteiger partial charge in [0.1, 0.15) is 0 Å². The van der Waals surface area contributed by atoms with Gasteiger partial charge in [-0.3, -0.25) is 4.79 Å². The van der Waals surface area contributed by atoms with Gasteiger partial charge in [0.15, 0.2) is 0 Å². The van der Waals surface area contributed by atoms with Gasteiger partial charge in [-0.15, -0.1) is 0 Å². The van der Waals surface area contributed by atoms with E-state index in [9.17, 15) is 4.79 Å². The molecule has 162 valence electrons. The van der Waals surface area contributed by atoms with Crippen LogP contribution >= 0.6 is 15.9 Å². The lowest BCUT2D eigenvalue weighted by atomic mass is 9.94. The van der Waals surface area contributed by atoms with E-state index < -0.39 is 0 Å². The maximum Gasteiger partial charge on any atom is 0.305 e. The average Bonchev–Trinajstić information content (AvgIpc) is 2.66. The molecule has 3 heteroatoms. The lowest BCUT2D eigenvalue weighted by molar-refractivity contribution is -0.145. The van der Waals surface area contributed by atoms with Crippen LogP contribution < -0.4 is 0 Å². The number of ether oxygens (including phenoxy) is 1. The highest BCUT2D eigenvalue weighted by Gasteiger charge is 2.13. The lowest BCUT2D eigenvalue weighted by Crippen LogP contribution is -2.15. The summed E-state index contributed by atoms with van der Waals surface area (Å²) in [5.74, 6) is 0.565. The van der Waals surface area contributed by atoms with E-state index in [0.29, 0.717) is 23.8 Å². The van der Waals surface area contributed by atoms with Crippen molar-refractivity contribution in [3.63, 3.8) is 0 Å². The number of esters is 1. The maximum absolute atomic E-state index is 11.9. The molecule has 0 fully saturated rings. The molecule has 2 unspecified atom stereocenters. The summed E-state index contributed by atoms with van der Waals surface area (Å²) in [6, 6.07) is 0. The van der Waals surface area contributed by atoms with Crippen LogP contribution in [0.25, 0.3) is 0 Å². The van der Waals surface area contributed by atoms with Gasteiger partial charge in [-0.1, -0.05) is 107 Å². The second-order valence-corrected chi connectivity index (χ2v) is 9.53. The summed E-state index contributed by atoms with van der Waals surface area (Å²) in [5, 5.41) is 0. The molecule has 0 aromatic heterocycles. The number of carbonyl (C=O) groups excluding carboxylic acids is 1. The summed E-state index contributed by atoms with van der Waals surface area (Å²) >= 11 is 3.83. The molecule has 0 aliphatic rings. The topological polar surface area (TPSA) is 26.3 Å². The van der Waals surface area contributed by atoms with Crippen LogP contribution in [-0.2, 0) is 9.53 Å². The number of hydrogen-bond donors (Lipinski definition) is 0. The Morgan fingerprint density at radius 1 is 0.704 bits per heavy atom. The first-order valence-electron chi connectivity index (χ1n) is 11.9. The second kappa shape index (κ2) is 20.7. The van der Waals surface area contributed by atoms with Gasteiger partial charge >= 0.3 is 5.97 Å². The van der Waals surface area contributed by atoms with Gasteiger partial charge in [-0.05, 0) is 38.0 Å². The van der Waals surface area contributed by atoms with Crippen LogP contribution in [0.2, 0.25) is 0 Å². The van der Waals surface area contributed by atoms with Crippen LogP contribution in [-0.4, -0.2) is 17.4 Å². The molecule has 0 aromatic rings. The van der Waals surface area contributed by atoms with E-state index in [-0.39, 0.29) is 5.97 Å². The largest absolute Gasteiger partial charge is 0.465 e. The summed E-state index contributed by atoms with van der Waals surface area (Å²) in [5.41, 5.74) is 0. The van der Waals surface area contributed by atoms with Gasteiger partial charge in [0.2, 0.25) is 0 Å². The van der Waals surface area contributed by atoms with E-state index in [4.69, 9.17) is 4.74 Å². The van der Waals surface area contributed by atoms with Crippen molar-refractivity contribution >= 4 is 21.9 Å². The molecule has 0 saturated carbocycles. The Bertz CT molecular complexity index is 320. The molecule has 2 nitrogen and oxygen atoms in total. The van der Waals surface area contributed by atoms with Gasteiger partial charge in [0.05, 0.1) is 6.61 Å². The number of alkyl halides is 1. The highest BCUT2D eigenvalue weighted by molar-refractivity contribution is 9.09. The zero-order valence-corrected chi connectivity index (χ0v) is 20.2. The summed E-state index contributed by atoms with van der Waals surface area (Å²) in [7, 11) is 0. The quantitative estimate of drug-likeness (QED) is 0.106. The van der Waals surface area contributed by atoms with Gasteiger partial charge in [-0.2, -0.15) is 0 Å². The molecular formula is C24H47BrO2. The minimum atomic E-state index is 0.0118. The van der Waals surface area contributed by atoms with Gasteiger partial charge < -0.3 is 4.74 Å². The van der Waals surface area contributed by atoms with E-state index in [1.165, 1.54) is 83.5 Å². The third-order valence-corrected chi connectivity index (χ3v) is 6.35. The van der Waals surface area contributed by atoms with Crippen molar-refractivity contribution in [1.82, 2.24) is 0 Å². The Labute approximate surface area is 178 Å². The third-order valence-electron chi connectivity index (χ3n) is 5.43. The fourth-order valence-corrected chi connectivity index (χ4v) is 4.17. The standard InChI is InChI=1S/C24H47BrO2/c1-4-7-10-11-12-14-16-22(17-15-19-23(25)18-9-6-3)21-27-24(26)20-13-8-5-2/h22-23H,4-21H2,1-3H3. The van der Waals surface area contributed by atoms with E-state index in [0.717, 1.165) is 19.3 Å². The van der Waals surface area contributed by atoms with E-state index >= 15 is 0 Å². The van der Waals surface area contributed by atoms with Crippen molar-refractivity contribution in [1.29, 1.82) is 0 Å². The fraction of sp³-hybridized carbons (Fsp3) is 0.958. The van der Waals surface area contributed by atoms with Gasteiger partial charge in [0, 0.05) is 11.2 Å². The molecule has 27 heavy (non-hydrogen) atoms. The molecule has 0 N–H and O–H groups in total. The van der Waals surface area contributed by atoms with E-state index in [1.54, 1.807) is 0 Å². The first-order valence-corrected chi connectivity index (χ1v) is 12.8. The monoisotopic (exact) mass is 446 g/mol. The molecule has 0 heterocycles. The first kappa shape index (κ1) is 27.0. The second-order valence-electron chi connectivity index (χ2n) is 8.23. The molecule has 0 radical (unpaired) electrons. The van der Waals surface area contributed by atoms with Crippen molar-refractivity contribution in [2.45, 2.75) is 135 Å². The molecule has 0 aliphatic carbocycles. The molecule has 0 amide bonds. The summed E-state index contributed by atoms with van der Waals surface area (Å²) in [4.78, 5) is 12.6. The van der Waals surface area contributed by atoms with E-state index in [1.807, 2.05) is 0 Å². The molecule has 0 bridgehead atoms. The van der Waals surface area contributed by atoms with Crippen molar-refractivity contribution in [3.8, 4) is 0 Å². The molecule has 0 saturated heterocycles. The molecule has 0 aliphatic heterocycles. The van der Waals surface area contributed by atoms with Crippen molar-refractivity contribution in [2.75, 3.05) is 6.61 Å². The maximum atomic E-state index is 11.9. The Balaban J connectivity index is 4.09. The predicted molar refractivity (Wildman–Crippen MR) is 123 cm³/mol. The Morgan fingerprint density at radius 2 is 1.26 bits per heavy atom. The summed E-state index contributed by atoms with van der Waals surface area (Å²) < 4.78 is 5.62. The minimum absolute atomic E-state index is 0.0118. The van der Waals surface area contributed by atoms with E-state index in [2.05, 4.69) is 36.7 Å². The van der Waals surface area contributed by atoms with Crippen LogP contribution in [0.15, 0.2) is 0 Å². The van der Waals surface area contributed by atoms with Crippen LogP contribution in [0.3, 0.4) is 0 Å². The minimum Gasteiger partial charge on any atom is -0.465 e. The summed E-state index contributed by atoms with van der Waals surface area (Å²) in [6.07, 6.45) is 20.6. The third kappa shape index (κ3) is 19.1. The Hall–Kier alpha value is -0.0500. The highest BCUT2D eigenvalue weighted by atomic mass is 79.9. The van der Waals surface area contributed by atoms with Gasteiger partial charge in [-0.25, -0.2) is 0 Å². The first-order chi connectivity index (χ1) is 13.1. The number of rotatable bonds is 20. The SMILES string of the molecule is CCCCCCCCC(CCCC(Br)CCCC)COC(=O)CCCCC. The number of hydrogen-bond acceptors (Lipinski definition) is 2. The Morgan fingerprint density at radius 3 is 1.96 bits per heavy atom.